The molecule has 1 fully saturated rings. The number of ether oxygens (including phenoxy) is 1. The third kappa shape index (κ3) is 4.77. The number of carbonyl (C=O) groups is 1. The Hall–Kier alpha value is -2.84. The maximum absolute atomic E-state index is 14.5. The van der Waals surface area contributed by atoms with Crippen LogP contribution in [0, 0.1) is 11.6 Å². The van der Waals surface area contributed by atoms with E-state index < -0.39 is 42.0 Å². The molecule has 3 aromatic rings. The maximum Gasteiger partial charge on any atom is 0.274 e. The van der Waals surface area contributed by atoms with Crippen LogP contribution in [-0.2, 0) is 4.74 Å². The lowest BCUT2D eigenvalue weighted by atomic mass is 9.94. The zero-order chi connectivity index (χ0) is 23.7. The second kappa shape index (κ2) is 9.57. The Morgan fingerprint density at radius 2 is 1.97 bits per heavy atom. The summed E-state index contributed by atoms with van der Waals surface area (Å²) in [7, 11) is 2.32. The number of anilines is 1. The fourth-order valence-electron chi connectivity index (χ4n) is 3.78. The summed E-state index contributed by atoms with van der Waals surface area (Å²) >= 11 is 0. The Morgan fingerprint density at radius 1 is 1.18 bits per heavy atom. The lowest BCUT2D eigenvalue weighted by molar-refractivity contribution is -0.163. The van der Waals surface area contributed by atoms with Crippen molar-refractivity contribution in [3.63, 3.8) is 0 Å². The third-order valence-corrected chi connectivity index (χ3v) is 6.00. The van der Waals surface area contributed by atoms with E-state index in [1.807, 2.05) is 0 Å². The fourth-order valence-corrected chi connectivity index (χ4v) is 4.16. The van der Waals surface area contributed by atoms with E-state index in [1.54, 1.807) is 19.1 Å². The molecule has 172 valence electrons. The number of amides is 1. The van der Waals surface area contributed by atoms with Crippen molar-refractivity contribution >= 4 is 26.1 Å². The quantitative estimate of drug-likeness (QED) is 0.504. The van der Waals surface area contributed by atoms with Gasteiger partial charge < -0.3 is 20.3 Å². The molecule has 33 heavy (non-hydrogen) atoms. The Labute approximate surface area is 191 Å². The highest BCUT2D eigenvalue weighted by molar-refractivity contribution is 7.28. The number of nitrogens with one attached hydrogen (secondary N) is 1. The Kier molecular flexibility index (Phi) is 6.76. The van der Waals surface area contributed by atoms with Crippen LogP contribution in [0.3, 0.4) is 0 Å². The van der Waals surface area contributed by atoms with Gasteiger partial charge >= 0.3 is 0 Å². The van der Waals surface area contributed by atoms with Crippen molar-refractivity contribution in [2.24, 2.45) is 0 Å². The SMILES string of the molecule is C[C@@H]1O[C@H](c2ccncc2NC(=O)c2ccc(F)c(-c3c(F)cccc3P)n2)C[C@@H](O)[C@H]1O. The van der Waals surface area contributed by atoms with Gasteiger partial charge in [-0.05, 0) is 36.5 Å². The van der Waals surface area contributed by atoms with Crippen LogP contribution >= 0.6 is 9.24 Å². The molecule has 0 saturated carbocycles. The number of aliphatic hydroxyl groups is 2. The molecule has 0 bridgehead atoms. The van der Waals surface area contributed by atoms with Gasteiger partial charge in [0.25, 0.3) is 5.91 Å². The second-order valence-corrected chi connectivity index (χ2v) is 8.39. The number of aromatic nitrogens is 2. The van der Waals surface area contributed by atoms with Crippen LogP contribution in [0.25, 0.3) is 11.3 Å². The molecule has 0 spiro atoms. The number of benzene rings is 1. The van der Waals surface area contributed by atoms with Crippen LogP contribution < -0.4 is 10.6 Å². The van der Waals surface area contributed by atoms with Crippen LogP contribution in [0.5, 0.6) is 0 Å². The summed E-state index contributed by atoms with van der Waals surface area (Å²) in [4.78, 5) is 21.0. The van der Waals surface area contributed by atoms with Crippen molar-refractivity contribution in [2.75, 3.05) is 5.32 Å². The number of hydrogen-bond acceptors (Lipinski definition) is 6. The monoisotopic (exact) mass is 473 g/mol. The van der Waals surface area contributed by atoms with E-state index in [0.29, 0.717) is 16.6 Å². The minimum Gasteiger partial charge on any atom is -0.390 e. The average Bonchev–Trinajstić information content (AvgIpc) is 2.78. The Morgan fingerprint density at radius 3 is 2.70 bits per heavy atom. The van der Waals surface area contributed by atoms with E-state index in [0.717, 1.165) is 6.07 Å². The van der Waals surface area contributed by atoms with Gasteiger partial charge in [0.15, 0.2) is 0 Å². The molecule has 3 N–H and O–H groups in total. The van der Waals surface area contributed by atoms with Crippen LogP contribution in [0.1, 0.15) is 35.5 Å². The zero-order valence-corrected chi connectivity index (χ0v) is 18.7. The van der Waals surface area contributed by atoms with Gasteiger partial charge in [-0.3, -0.25) is 9.78 Å². The fraction of sp³-hybridized carbons (Fsp3) is 0.261. The van der Waals surface area contributed by atoms with E-state index >= 15 is 0 Å². The molecule has 3 heterocycles. The molecule has 0 aliphatic carbocycles. The van der Waals surface area contributed by atoms with Crippen molar-refractivity contribution in [1.82, 2.24) is 9.97 Å². The molecule has 1 aliphatic heterocycles. The first-order valence-electron chi connectivity index (χ1n) is 10.2. The third-order valence-electron chi connectivity index (χ3n) is 5.52. The molecule has 1 unspecified atom stereocenters. The van der Waals surface area contributed by atoms with Gasteiger partial charge in [0.05, 0.1) is 30.2 Å². The second-order valence-electron chi connectivity index (χ2n) is 7.77. The molecular formula is C23H22F2N3O4P. The highest BCUT2D eigenvalue weighted by Crippen LogP contribution is 2.35. The van der Waals surface area contributed by atoms with Crippen molar-refractivity contribution in [3.05, 3.63) is 71.7 Å². The van der Waals surface area contributed by atoms with Crippen molar-refractivity contribution in [2.45, 2.75) is 37.8 Å². The molecular weight excluding hydrogens is 451 g/mol. The summed E-state index contributed by atoms with van der Waals surface area (Å²) in [5.41, 5.74) is 0.420. The van der Waals surface area contributed by atoms with Gasteiger partial charge in [-0.15, -0.1) is 9.24 Å². The van der Waals surface area contributed by atoms with E-state index in [9.17, 15) is 23.8 Å². The zero-order valence-electron chi connectivity index (χ0n) is 17.6. The lowest BCUT2D eigenvalue weighted by Gasteiger charge is -2.36. The molecule has 7 nitrogen and oxygen atoms in total. The van der Waals surface area contributed by atoms with E-state index in [4.69, 9.17) is 4.74 Å². The molecule has 1 aromatic carbocycles. The number of pyridine rings is 2. The normalized spacial score (nSPS) is 22.7. The number of hydrogen-bond donors (Lipinski definition) is 3. The number of rotatable bonds is 4. The van der Waals surface area contributed by atoms with Crippen LogP contribution in [0.2, 0.25) is 0 Å². The first kappa shape index (κ1) is 23.3. The summed E-state index contributed by atoms with van der Waals surface area (Å²) < 4.78 is 34.6. The summed E-state index contributed by atoms with van der Waals surface area (Å²) in [6, 6.07) is 8.17. The summed E-state index contributed by atoms with van der Waals surface area (Å²) in [5.74, 6) is -2.08. The van der Waals surface area contributed by atoms with E-state index in [2.05, 4.69) is 24.5 Å². The Bertz CT molecular complexity index is 1160. The largest absolute Gasteiger partial charge is 0.390 e. The molecule has 5 atom stereocenters. The minimum absolute atomic E-state index is 0.0474. The van der Waals surface area contributed by atoms with Crippen molar-refractivity contribution in [1.29, 1.82) is 0 Å². The number of halogens is 2. The number of carbonyl (C=O) groups excluding carboxylic acids is 1. The predicted molar refractivity (Wildman–Crippen MR) is 121 cm³/mol. The molecule has 1 aliphatic rings. The van der Waals surface area contributed by atoms with Gasteiger partial charge in [0.2, 0.25) is 0 Å². The van der Waals surface area contributed by atoms with E-state index in [1.165, 1.54) is 30.6 Å². The smallest absolute Gasteiger partial charge is 0.274 e. The summed E-state index contributed by atoms with van der Waals surface area (Å²) in [6.07, 6.45) is -0.141. The van der Waals surface area contributed by atoms with Gasteiger partial charge in [-0.1, -0.05) is 12.1 Å². The van der Waals surface area contributed by atoms with Crippen LogP contribution in [0.15, 0.2) is 48.8 Å². The number of nitrogens with zero attached hydrogens (tertiary/aromatic N) is 2. The number of aliphatic hydroxyl groups excluding tert-OH is 2. The van der Waals surface area contributed by atoms with Gasteiger partial charge in [0.1, 0.15) is 29.1 Å². The highest BCUT2D eigenvalue weighted by Gasteiger charge is 2.35. The standard InChI is InChI=1S/C23H22F2N3O4P/c1-11-22(30)17(29)9-18(32-11)12-7-8-26-10-16(12)28-23(31)15-6-5-14(25)21(27-15)20-13(24)3-2-4-19(20)33/h2-8,10-11,17-18,22,29-30H,9,33H2,1H3,(H,28,31)/t11-,17+,18-,22-/m0/s1. The van der Waals surface area contributed by atoms with Gasteiger partial charge in [-0.25, -0.2) is 13.8 Å². The highest BCUT2D eigenvalue weighted by atomic mass is 31.0. The van der Waals surface area contributed by atoms with Crippen molar-refractivity contribution in [3.8, 4) is 11.3 Å². The van der Waals surface area contributed by atoms with E-state index in [-0.39, 0.29) is 23.4 Å². The molecule has 1 saturated heterocycles. The molecule has 2 aromatic heterocycles. The molecule has 10 heteroatoms. The van der Waals surface area contributed by atoms with Gasteiger partial charge in [-0.2, -0.15) is 0 Å². The van der Waals surface area contributed by atoms with Crippen LogP contribution in [0.4, 0.5) is 14.5 Å². The lowest BCUT2D eigenvalue weighted by Crippen LogP contribution is -2.44. The molecule has 0 radical (unpaired) electrons. The van der Waals surface area contributed by atoms with Crippen molar-refractivity contribution < 1.29 is 28.5 Å². The molecule has 1 amide bonds. The van der Waals surface area contributed by atoms with Gasteiger partial charge in [0, 0.05) is 23.7 Å². The first-order chi connectivity index (χ1) is 15.8. The molecule has 4 rings (SSSR count). The van der Waals surface area contributed by atoms with Crippen LogP contribution in [-0.4, -0.2) is 44.4 Å². The maximum atomic E-state index is 14.5. The summed E-state index contributed by atoms with van der Waals surface area (Å²) in [5, 5.41) is 23.1. The Balaban J connectivity index is 1.63. The topological polar surface area (TPSA) is 105 Å². The predicted octanol–water partition coefficient (Wildman–Crippen LogP) is 2.75. The average molecular weight is 473 g/mol. The minimum atomic E-state index is -1.01. The first-order valence-corrected chi connectivity index (χ1v) is 10.8. The summed E-state index contributed by atoms with van der Waals surface area (Å²) in [6.45, 7) is 1.65.